The number of nitrogens with zero attached hydrogens (tertiary/aromatic N) is 3. The highest BCUT2D eigenvalue weighted by Gasteiger charge is 2.49. The van der Waals surface area contributed by atoms with E-state index >= 15 is 0 Å². The van der Waals surface area contributed by atoms with Crippen LogP contribution in [0.25, 0.3) is 16.9 Å². The van der Waals surface area contributed by atoms with E-state index in [4.69, 9.17) is 16.3 Å². The molecule has 0 unspecified atom stereocenters. The molecule has 0 spiro atoms. The van der Waals surface area contributed by atoms with Gasteiger partial charge >= 0.3 is 6.18 Å². The van der Waals surface area contributed by atoms with Crippen LogP contribution >= 0.6 is 11.6 Å². The van der Waals surface area contributed by atoms with E-state index in [2.05, 4.69) is 15.4 Å². The van der Waals surface area contributed by atoms with Gasteiger partial charge in [0.1, 0.15) is 10.8 Å². The maximum atomic E-state index is 14.0. The average Bonchev–Trinajstić information content (AvgIpc) is 3.16. The number of fused-ring (bicyclic) bond motifs is 1. The van der Waals surface area contributed by atoms with Crippen LogP contribution in [-0.4, -0.2) is 33.7 Å². The van der Waals surface area contributed by atoms with Crippen molar-refractivity contribution < 1.29 is 22.7 Å². The highest BCUT2D eigenvalue weighted by Crippen LogP contribution is 2.53. The minimum absolute atomic E-state index is 0.0126. The van der Waals surface area contributed by atoms with E-state index in [1.54, 1.807) is 24.3 Å². The molecule has 7 rings (SSSR count). The first kappa shape index (κ1) is 22.6. The third-order valence-corrected chi connectivity index (χ3v) is 8.28. The Labute approximate surface area is 204 Å². The number of aromatic nitrogens is 3. The van der Waals surface area contributed by atoms with Gasteiger partial charge in [0.05, 0.1) is 12.8 Å². The molecule has 0 saturated heterocycles. The summed E-state index contributed by atoms with van der Waals surface area (Å²) < 4.78 is 47.9. The van der Waals surface area contributed by atoms with Gasteiger partial charge in [-0.25, -0.2) is 9.50 Å². The van der Waals surface area contributed by atoms with E-state index in [1.165, 1.54) is 13.5 Å². The van der Waals surface area contributed by atoms with Gasteiger partial charge in [0.2, 0.25) is 0 Å². The number of hydrogen-bond acceptors (Lipinski definition) is 4. The number of benzene rings is 1. The highest BCUT2D eigenvalue weighted by atomic mass is 35.5. The Bertz CT molecular complexity index is 1290. The van der Waals surface area contributed by atoms with Gasteiger partial charge in [-0.3, -0.25) is 4.79 Å². The van der Waals surface area contributed by atoms with Crippen molar-refractivity contribution in [3.05, 3.63) is 46.7 Å². The average molecular weight is 505 g/mol. The first-order valence-corrected chi connectivity index (χ1v) is 12.2. The number of alkyl halides is 3. The molecule has 3 aromatic rings. The monoisotopic (exact) mass is 504 g/mol. The maximum absolute atomic E-state index is 14.0. The highest BCUT2D eigenvalue weighted by molar-refractivity contribution is 6.36. The molecular formula is C25H24ClF3N4O2. The van der Waals surface area contributed by atoms with Crippen molar-refractivity contribution in [2.45, 2.75) is 44.3 Å². The van der Waals surface area contributed by atoms with Crippen LogP contribution in [0.5, 0.6) is 5.75 Å². The normalized spacial score (nSPS) is 27.4. The van der Waals surface area contributed by atoms with Crippen molar-refractivity contribution in [1.82, 2.24) is 19.9 Å². The smallest absolute Gasteiger partial charge is 0.433 e. The predicted molar refractivity (Wildman–Crippen MR) is 123 cm³/mol. The zero-order chi connectivity index (χ0) is 24.5. The summed E-state index contributed by atoms with van der Waals surface area (Å²) in [5.41, 5.74) is -1.03. The molecule has 0 radical (unpaired) electrons. The van der Waals surface area contributed by atoms with Crippen molar-refractivity contribution in [2.75, 3.05) is 7.11 Å². The van der Waals surface area contributed by atoms with Gasteiger partial charge in [0.15, 0.2) is 17.0 Å². The zero-order valence-electron chi connectivity index (χ0n) is 19.0. The van der Waals surface area contributed by atoms with Crippen molar-refractivity contribution >= 4 is 23.2 Å². The summed E-state index contributed by atoms with van der Waals surface area (Å²) >= 11 is 6.46. The number of amides is 1. The fourth-order valence-electron chi connectivity index (χ4n) is 6.65. The quantitative estimate of drug-likeness (QED) is 0.500. The van der Waals surface area contributed by atoms with Crippen molar-refractivity contribution in [3.63, 3.8) is 0 Å². The maximum Gasteiger partial charge on any atom is 0.433 e. The molecule has 4 saturated carbocycles. The van der Waals surface area contributed by atoms with Crippen molar-refractivity contribution in [3.8, 4) is 17.0 Å². The molecule has 0 aliphatic heterocycles. The number of nitrogens with one attached hydrogen (secondary N) is 1. The molecule has 1 aromatic carbocycles. The zero-order valence-corrected chi connectivity index (χ0v) is 19.7. The number of halogens is 4. The van der Waals surface area contributed by atoms with E-state index in [0.717, 1.165) is 43.6 Å². The number of rotatable bonds is 4. The topological polar surface area (TPSA) is 68.5 Å². The summed E-state index contributed by atoms with van der Waals surface area (Å²) in [5, 5.41) is 6.88. The van der Waals surface area contributed by atoms with Gasteiger partial charge in [0.25, 0.3) is 5.91 Å². The van der Waals surface area contributed by atoms with Crippen LogP contribution in [0.4, 0.5) is 13.2 Å². The number of carbonyl (C=O) groups is 1. The molecule has 4 bridgehead atoms. The van der Waals surface area contributed by atoms with Crippen LogP contribution in [0.3, 0.4) is 0 Å². The fraction of sp³-hybridized carbons (Fsp3) is 0.480. The van der Waals surface area contributed by atoms with E-state index in [1.807, 2.05) is 0 Å². The predicted octanol–water partition coefficient (Wildman–Crippen LogP) is 5.63. The second-order valence-electron chi connectivity index (χ2n) is 10.1. The molecule has 184 valence electrons. The van der Waals surface area contributed by atoms with Crippen LogP contribution in [0.2, 0.25) is 5.02 Å². The summed E-state index contributed by atoms with van der Waals surface area (Å²) in [5.74, 6) is 2.22. The molecule has 2 heterocycles. The first-order chi connectivity index (χ1) is 16.7. The van der Waals surface area contributed by atoms with E-state index in [0.29, 0.717) is 27.7 Å². The van der Waals surface area contributed by atoms with Gasteiger partial charge < -0.3 is 10.1 Å². The van der Waals surface area contributed by atoms with Crippen LogP contribution in [0.15, 0.2) is 30.3 Å². The lowest BCUT2D eigenvalue weighted by Crippen LogP contribution is -2.55. The van der Waals surface area contributed by atoms with Gasteiger partial charge in [-0.1, -0.05) is 23.7 Å². The first-order valence-electron chi connectivity index (χ1n) is 11.8. The summed E-state index contributed by atoms with van der Waals surface area (Å²) in [7, 11) is 1.47. The van der Waals surface area contributed by atoms with Gasteiger partial charge in [0, 0.05) is 11.6 Å². The Morgan fingerprint density at radius 3 is 2.43 bits per heavy atom. The lowest BCUT2D eigenvalue weighted by molar-refractivity contribution is -0.142. The van der Waals surface area contributed by atoms with E-state index in [9.17, 15) is 18.0 Å². The summed E-state index contributed by atoms with van der Waals surface area (Å²) in [6, 6.07) is 7.48. The number of methoxy groups -OCH3 is 1. The lowest BCUT2D eigenvalue weighted by atomic mass is 9.54. The van der Waals surface area contributed by atoms with Crippen molar-refractivity contribution in [1.29, 1.82) is 0 Å². The third kappa shape index (κ3) is 3.84. The molecule has 1 N–H and O–H groups in total. The Morgan fingerprint density at radius 1 is 1.11 bits per heavy atom. The second-order valence-corrected chi connectivity index (χ2v) is 10.5. The number of carbonyl (C=O) groups excluding carboxylic acids is 1. The molecule has 4 fully saturated rings. The van der Waals surface area contributed by atoms with Crippen molar-refractivity contribution in [2.24, 2.45) is 23.7 Å². The Balaban J connectivity index is 1.39. The minimum Gasteiger partial charge on any atom is -0.497 e. The van der Waals surface area contributed by atoms with Gasteiger partial charge in [-0.15, -0.1) is 0 Å². The standard InChI is InChI=1S/C25H24ClF3N4O2/c1-35-17-4-2-3-14(10-17)18-11-19(25(27,28)29)33-23(30-18)20(26)22(32-33)24(34)31-21-15-6-12-5-13(8-15)9-16(21)7-12/h2-4,10-13,15-16,21H,5-9H2,1H3,(H,31,34). The largest absolute Gasteiger partial charge is 0.497 e. The van der Waals surface area contributed by atoms with Crippen LogP contribution in [-0.2, 0) is 6.18 Å². The number of hydrogen-bond donors (Lipinski definition) is 1. The third-order valence-electron chi connectivity index (χ3n) is 7.93. The SMILES string of the molecule is COc1cccc(-c2cc(C(F)(F)F)n3nc(C(=O)NC4C5CC6CC(C5)CC4C6)c(Cl)c3n2)c1. The van der Waals surface area contributed by atoms with Gasteiger partial charge in [-0.05, 0) is 74.0 Å². The summed E-state index contributed by atoms with van der Waals surface area (Å²) in [4.78, 5) is 17.6. The molecule has 2 aromatic heterocycles. The Kier molecular flexibility index (Phi) is 5.25. The lowest BCUT2D eigenvalue weighted by Gasteiger charge is -2.54. The molecule has 6 nitrogen and oxygen atoms in total. The van der Waals surface area contributed by atoms with Crippen LogP contribution in [0, 0.1) is 23.7 Å². The molecule has 4 aliphatic rings. The molecule has 4 aliphatic carbocycles. The van der Waals surface area contributed by atoms with Crippen LogP contribution < -0.4 is 10.1 Å². The summed E-state index contributed by atoms with van der Waals surface area (Å²) in [6.45, 7) is 0. The van der Waals surface area contributed by atoms with E-state index in [-0.39, 0.29) is 28.1 Å². The molecular weight excluding hydrogens is 481 g/mol. The second kappa shape index (κ2) is 8.11. The van der Waals surface area contributed by atoms with Crippen LogP contribution in [0.1, 0.15) is 48.3 Å². The molecule has 0 atom stereocenters. The minimum atomic E-state index is -4.74. The molecule has 35 heavy (non-hydrogen) atoms. The van der Waals surface area contributed by atoms with Gasteiger partial charge in [-0.2, -0.15) is 18.3 Å². The Hall–Kier alpha value is -2.81. The summed E-state index contributed by atoms with van der Waals surface area (Å²) in [6.07, 6.45) is 0.939. The molecule has 1 amide bonds. The fourth-order valence-corrected chi connectivity index (χ4v) is 6.90. The molecule has 10 heteroatoms. The van der Waals surface area contributed by atoms with E-state index < -0.39 is 17.8 Å². The number of ether oxygens (including phenoxy) is 1. The Morgan fingerprint density at radius 2 is 1.80 bits per heavy atom.